The zero-order chi connectivity index (χ0) is 24.0. The van der Waals surface area contributed by atoms with Gasteiger partial charge in [-0.25, -0.2) is 4.79 Å². The number of methoxy groups -OCH3 is 1. The lowest BCUT2D eigenvalue weighted by atomic mass is 10.1. The number of carbonyl (C=O) groups excluding carboxylic acids is 3. The van der Waals surface area contributed by atoms with Gasteiger partial charge in [0, 0.05) is 18.3 Å². The third-order valence-electron chi connectivity index (χ3n) is 4.78. The number of nitrogens with one attached hydrogen (secondary N) is 2. The molecule has 0 saturated carbocycles. The van der Waals surface area contributed by atoms with Gasteiger partial charge in [-0.3, -0.25) is 9.59 Å². The highest BCUT2D eigenvalue weighted by atomic mass is 32.2. The number of amides is 2. The highest BCUT2D eigenvalue weighted by Crippen LogP contribution is 2.20. The Labute approximate surface area is 195 Å². The van der Waals surface area contributed by atoms with E-state index in [9.17, 15) is 14.4 Å². The van der Waals surface area contributed by atoms with Gasteiger partial charge in [0.05, 0.1) is 24.5 Å². The molecular formula is C23H25N5O4S. The lowest BCUT2D eigenvalue weighted by molar-refractivity contribution is -0.113. The SMILES string of the molecule is COC(=O)c1cccc(NC(=O)CSc2nnc([C@H](C)NC(=O)c3cccc(C)c3)n2C)c1. The fourth-order valence-corrected chi connectivity index (χ4v) is 3.85. The van der Waals surface area contributed by atoms with E-state index < -0.39 is 5.97 Å². The minimum absolute atomic E-state index is 0.0957. The number of hydrogen-bond acceptors (Lipinski definition) is 7. The minimum atomic E-state index is -0.476. The average molecular weight is 468 g/mol. The van der Waals surface area contributed by atoms with Crippen molar-refractivity contribution in [3.05, 3.63) is 71.0 Å². The number of hydrogen-bond donors (Lipinski definition) is 2. The van der Waals surface area contributed by atoms with Crippen LogP contribution in [-0.2, 0) is 16.6 Å². The Morgan fingerprint density at radius 1 is 1.09 bits per heavy atom. The lowest BCUT2D eigenvalue weighted by Gasteiger charge is -2.14. The molecule has 0 radical (unpaired) electrons. The summed E-state index contributed by atoms with van der Waals surface area (Å²) in [5.41, 5.74) is 2.42. The first kappa shape index (κ1) is 24.0. The van der Waals surface area contributed by atoms with Crippen LogP contribution < -0.4 is 10.6 Å². The molecule has 0 saturated heterocycles. The summed E-state index contributed by atoms with van der Waals surface area (Å²) in [5, 5.41) is 14.5. The number of nitrogens with zero attached hydrogens (tertiary/aromatic N) is 3. The summed E-state index contributed by atoms with van der Waals surface area (Å²) in [6.45, 7) is 3.76. The molecule has 33 heavy (non-hydrogen) atoms. The molecule has 3 rings (SSSR count). The standard InChI is InChI=1S/C23H25N5O4S/c1-14-7-5-8-16(11-14)21(30)24-15(2)20-26-27-23(28(20)3)33-13-19(29)25-18-10-6-9-17(12-18)22(31)32-4/h5-12,15H,13H2,1-4H3,(H,24,30)(H,25,29)/t15-/m0/s1. The van der Waals surface area contributed by atoms with Crippen molar-refractivity contribution in [3.63, 3.8) is 0 Å². The van der Waals surface area contributed by atoms with Crippen molar-refractivity contribution in [2.75, 3.05) is 18.2 Å². The van der Waals surface area contributed by atoms with Gasteiger partial charge in [-0.15, -0.1) is 10.2 Å². The summed E-state index contributed by atoms with van der Waals surface area (Å²) in [6, 6.07) is 13.5. The van der Waals surface area contributed by atoms with Gasteiger partial charge in [-0.05, 0) is 44.2 Å². The Bertz CT molecular complexity index is 1180. The predicted octanol–water partition coefficient (Wildman–Crippen LogP) is 3.13. The van der Waals surface area contributed by atoms with Crippen molar-refractivity contribution >= 4 is 35.2 Å². The molecule has 2 aromatic carbocycles. The first-order chi connectivity index (χ1) is 15.8. The van der Waals surface area contributed by atoms with Crippen LogP contribution in [0, 0.1) is 6.92 Å². The zero-order valence-electron chi connectivity index (χ0n) is 18.8. The predicted molar refractivity (Wildman–Crippen MR) is 125 cm³/mol. The van der Waals surface area contributed by atoms with E-state index in [1.807, 2.05) is 32.0 Å². The van der Waals surface area contributed by atoms with E-state index in [-0.39, 0.29) is 23.6 Å². The number of rotatable bonds is 8. The number of ether oxygens (including phenoxy) is 1. The van der Waals surface area contributed by atoms with E-state index in [2.05, 4.69) is 20.8 Å². The van der Waals surface area contributed by atoms with Crippen LogP contribution in [0.2, 0.25) is 0 Å². The monoisotopic (exact) mass is 467 g/mol. The summed E-state index contributed by atoms with van der Waals surface area (Å²) < 4.78 is 6.44. The van der Waals surface area contributed by atoms with Crippen LogP contribution in [0.1, 0.15) is 45.1 Å². The van der Waals surface area contributed by atoms with E-state index in [0.29, 0.717) is 27.8 Å². The Balaban J connectivity index is 1.58. The maximum atomic E-state index is 12.5. The molecule has 0 aliphatic heterocycles. The molecule has 1 heterocycles. The van der Waals surface area contributed by atoms with Crippen molar-refractivity contribution in [3.8, 4) is 0 Å². The molecule has 0 aliphatic carbocycles. The third-order valence-corrected chi connectivity index (χ3v) is 5.80. The van der Waals surface area contributed by atoms with E-state index in [0.717, 1.165) is 5.56 Å². The fraction of sp³-hybridized carbons (Fsp3) is 0.261. The Kier molecular flexibility index (Phi) is 7.83. The molecule has 9 nitrogen and oxygen atoms in total. The molecule has 0 aliphatic rings. The van der Waals surface area contributed by atoms with Gasteiger partial charge in [-0.2, -0.15) is 0 Å². The number of esters is 1. The fourth-order valence-electron chi connectivity index (χ4n) is 3.13. The van der Waals surface area contributed by atoms with E-state index in [4.69, 9.17) is 4.74 Å². The Hall–Kier alpha value is -3.66. The van der Waals surface area contributed by atoms with Gasteiger partial charge in [-0.1, -0.05) is 35.5 Å². The molecule has 1 atom stereocenters. The molecule has 2 N–H and O–H groups in total. The normalized spacial score (nSPS) is 11.5. The van der Waals surface area contributed by atoms with E-state index in [1.165, 1.54) is 18.9 Å². The molecule has 2 amide bonds. The highest BCUT2D eigenvalue weighted by molar-refractivity contribution is 7.99. The number of benzene rings is 2. The number of carbonyl (C=O) groups is 3. The first-order valence-corrected chi connectivity index (χ1v) is 11.1. The first-order valence-electron chi connectivity index (χ1n) is 10.2. The van der Waals surface area contributed by atoms with Crippen LogP contribution in [0.25, 0.3) is 0 Å². The third kappa shape index (κ3) is 6.19. The Morgan fingerprint density at radius 2 is 1.82 bits per heavy atom. The van der Waals surface area contributed by atoms with Gasteiger partial charge in [0.1, 0.15) is 0 Å². The van der Waals surface area contributed by atoms with E-state index in [1.54, 1.807) is 41.9 Å². The molecule has 1 aromatic heterocycles. The summed E-state index contributed by atoms with van der Waals surface area (Å²) in [6.07, 6.45) is 0. The van der Waals surface area contributed by atoms with Crippen molar-refractivity contribution < 1.29 is 19.1 Å². The number of aromatic nitrogens is 3. The molecule has 0 spiro atoms. The van der Waals surface area contributed by atoms with Gasteiger partial charge >= 0.3 is 5.97 Å². The van der Waals surface area contributed by atoms with Crippen molar-refractivity contribution in [2.24, 2.45) is 7.05 Å². The number of anilines is 1. The Morgan fingerprint density at radius 3 is 2.55 bits per heavy atom. The van der Waals surface area contributed by atoms with Crippen LogP contribution in [0.4, 0.5) is 5.69 Å². The van der Waals surface area contributed by atoms with Gasteiger partial charge < -0.3 is 19.9 Å². The number of aryl methyl sites for hydroxylation is 1. The second kappa shape index (κ2) is 10.8. The zero-order valence-corrected chi connectivity index (χ0v) is 19.6. The molecule has 172 valence electrons. The largest absolute Gasteiger partial charge is 0.465 e. The van der Waals surface area contributed by atoms with Gasteiger partial charge in [0.25, 0.3) is 5.91 Å². The molecule has 10 heteroatoms. The van der Waals surface area contributed by atoms with Crippen LogP contribution in [-0.4, -0.2) is 45.4 Å². The second-order valence-corrected chi connectivity index (χ2v) is 8.32. The van der Waals surface area contributed by atoms with Crippen molar-refractivity contribution in [2.45, 2.75) is 25.0 Å². The van der Waals surface area contributed by atoms with Gasteiger partial charge in [0.2, 0.25) is 5.91 Å². The minimum Gasteiger partial charge on any atom is -0.465 e. The summed E-state index contributed by atoms with van der Waals surface area (Å²) in [7, 11) is 3.08. The van der Waals surface area contributed by atoms with Crippen LogP contribution in [0.5, 0.6) is 0 Å². The molecule has 0 unspecified atom stereocenters. The summed E-state index contributed by atoms with van der Waals surface area (Å²) >= 11 is 1.22. The summed E-state index contributed by atoms with van der Waals surface area (Å²) in [5.74, 6) is -0.261. The van der Waals surface area contributed by atoms with Crippen LogP contribution in [0.15, 0.2) is 53.7 Å². The van der Waals surface area contributed by atoms with Crippen LogP contribution >= 0.6 is 11.8 Å². The van der Waals surface area contributed by atoms with Crippen LogP contribution in [0.3, 0.4) is 0 Å². The maximum Gasteiger partial charge on any atom is 0.337 e. The molecule has 0 bridgehead atoms. The highest BCUT2D eigenvalue weighted by Gasteiger charge is 2.19. The maximum absolute atomic E-state index is 12.5. The second-order valence-electron chi connectivity index (χ2n) is 7.37. The molecular weight excluding hydrogens is 442 g/mol. The lowest BCUT2D eigenvalue weighted by Crippen LogP contribution is -2.28. The smallest absolute Gasteiger partial charge is 0.337 e. The van der Waals surface area contributed by atoms with Crippen molar-refractivity contribution in [1.82, 2.24) is 20.1 Å². The van der Waals surface area contributed by atoms with Gasteiger partial charge in [0.15, 0.2) is 11.0 Å². The van der Waals surface area contributed by atoms with E-state index >= 15 is 0 Å². The number of thioether (sulfide) groups is 1. The molecule has 0 fully saturated rings. The molecule has 3 aromatic rings. The quantitative estimate of drug-likeness (QED) is 0.386. The average Bonchev–Trinajstić information content (AvgIpc) is 3.17. The van der Waals surface area contributed by atoms with Crippen molar-refractivity contribution in [1.29, 1.82) is 0 Å². The summed E-state index contributed by atoms with van der Waals surface area (Å²) in [4.78, 5) is 36.5. The topological polar surface area (TPSA) is 115 Å².